The molecule has 2 N–H and O–H groups in total. The second kappa shape index (κ2) is 5.70. The maximum absolute atomic E-state index is 6.37. The van der Waals surface area contributed by atoms with Crippen molar-refractivity contribution in [3.05, 3.63) is 40.5 Å². The Labute approximate surface area is 142 Å². The molecule has 0 radical (unpaired) electrons. The van der Waals surface area contributed by atoms with E-state index in [0.29, 0.717) is 22.4 Å². The Morgan fingerprint density at radius 3 is 2.83 bits per heavy atom. The first-order chi connectivity index (χ1) is 11.1. The average Bonchev–Trinajstić information content (AvgIpc) is 3.27. The summed E-state index contributed by atoms with van der Waals surface area (Å²) in [7, 11) is 0. The van der Waals surface area contributed by atoms with Crippen molar-refractivity contribution in [1.82, 2.24) is 15.1 Å². The summed E-state index contributed by atoms with van der Waals surface area (Å²) in [5.74, 6) is 1.00. The van der Waals surface area contributed by atoms with Crippen molar-refractivity contribution in [2.45, 2.75) is 31.2 Å². The number of thiazole rings is 1. The van der Waals surface area contributed by atoms with Crippen molar-refractivity contribution in [3.8, 4) is 22.2 Å². The smallest absolute Gasteiger partial charge is 0.277 e. The summed E-state index contributed by atoms with van der Waals surface area (Å²) in [6, 6.07) is 7.60. The molecule has 1 aliphatic rings. The maximum atomic E-state index is 6.37. The molecule has 4 rings (SSSR count). The first-order valence-electron chi connectivity index (χ1n) is 7.49. The van der Waals surface area contributed by atoms with E-state index >= 15 is 0 Å². The molecular formula is C16H15ClN4OS. The standard InChI is InChI=1S/C16H15ClN4OS/c17-11-5-3-4-10(8-11)14-19-12(9-23-14)13-20-15(21-22-13)16(18)6-1-2-7-16/h3-5,8-9H,1-2,6-7,18H2. The molecule has 0 spiro atoms. The van der Waals surface area contributed by atoms with Crippen LogP contribution in [0.4, 0.5) is 0 Å². The van der Waals surface area contributed by atoms with Crippen LogP contribution < -0.4 is 5.73 Å². The van der Waals surface area contributed by atoms with Gasteiger partial charge in [-0.3, -0.25) is 0 Å². The quantitative estimate of drug-likeness (QED) is 0.767. The molecule has 0 saturated heterocycles. The van der Waals surface area contributed by atoms with Gasteiger partial charge in [-0.2, -0.15) is 4.98 Å². The Morgan fingerprint density at radius 1 is 1.22 bits per heavy atom. The molecule has 1 fully saturated rings. The van der Waals surface area contributed by atoms with Gasteiger partial charge in [0.05, 0.1) is 5.54 Å². The van der Waals surface area contributed by atoms with Crippen molar-refractivity contribution in [2.24, 2.45) is 5.73 Å². The van der Waals surface area contributed by atoms with E-state index in [-0.39, 0.29) is 0 Å². The van der Waals surface area contributed by atoms with Crippen LogP contribution in [0, 0.1) is 0 Å². The second-order valence-electron chi connectivity index (χ2n) is 5.83. The lowest BCUT2D eigenvalue weighted by atomic mass is 9.99. The molecule has 1 aromatic carbocycles. The lowest BCUT2D eigenvalue weighted by molar-refractivity contribution is 0.372. The first-order valence-corrected chi connectivity index (χ1v) is 8.75. The van der Waals surface area contributed by atoms with Gasteiger partial charge in [-0.25, -0.2) is 4.98 Å². The third-order valence-electron chi connectivity index (χ3n) is 4.16. The van der Waals surface area contributed by atoms with Crippen molar-refractivity contribution in [2.75, 3.05) is 0 Å². The van der Waals surface area contributed by atoms with Gasteiger partial charge in [0.25, 0.3) is 5.89 Å². The SMILES string of the molecule is NC1(c2noc(-c3csc(-c4cccc(Cl)c4)n3)n2)CCCC1. The highest BCUT2D eigenvalue weighted by Crippen LogP contribution is 2.36. The molecule has 0 atom stereocenters. The van der Waals surface area contributed by atoms with Crippen LogP contribution in [-0.2, 0) is 5.54 Å². The Balaban J connectivity index is 1.63. The monoisotopic (exact) mass is 346 g/mol. The molecule has 0 amide bonds. The average molecular weight is 347 g/mol. The topological polar surface area (TPSA) is 77.8 Å². The van der Waals surface area contributed by atoms with Crippen LogP contribution in [0.15, 0.2) is 34.2 Å². The Morgan fingerprint density at radius 2 is 2.04 bits per heavy atom. The van der Waals surface area contributed by atoms with Crippen LogP contribution in [0.2, 0.25) is 5.02 Å². The van der Waals surface area contributed by atoms with Gasteiger partial charge in [0, 0.05) is 16.0 Å². The highest BCUT2D eigenvalue weighted by Gasteiger charge is 2.36. The zero-order valence-corrected chi connectivity index (χ0v) is 13.9. The van der Waals surface area contributed by atoms with Crippen molar-refractivity contribution < 1.29 is 4.52 Å². The van der Waals surface area contributed by atoms with Crippen LogP contribution in [-0.4, -0.2) is 15.1 Å². The van der Waals surface area contributed by atoms with E-state index < -0.39 is 5.54 Å². The molecule has 1 saturated carbocycles. The van der Waals surface area contributed by atoms with Gasteiger partial charge in [0.2, 0.25) is 0 Å². The third kappa shape index (κ3) is 2.78. The van der Waals surface area contributed by atoms with Gasteiger partial charge in [-0.05, 0) is 25.0 Å². The van der Waals surface area contributed by atoms with Crippen LogP contribution >= 0.6 is 22.9 Å². The van der Waals surface area contributed by atoms with E-state index in [9.17, 15) is 0 Å². The van der Waals surface area contributed by atoms with Gasteiger partial charge in [0.1, 0.15) is 10.7 Å². The number of nitrogens with two attached hydrogens (primary N) is 1. The van der Waals surface area contributed by atoms with E-state index in [1.807, 2.05) is 29.6 Å². The number of halogens is 1. The highest BCUT2D eigenvalue weighted by atomic mass is 35.5. The number of hydrogen-bond acceptors (Lipinski definition) is 6. The molecule has 2 heterocycles. The fourth-order valence-corrected chi connectivity index (χ4v) is 3.87. The largest absolute Gasteiger partial charge is 0.332 e. The van der Waals surface area contributed by atoms with Gasteiger partial charge in [-0.15, -0.1) is 11.3 Å². The lowest BCUT2D eigenvalue weighted by Crippen LogP contribution is -2.34. The predicted molar refractivity (Wildman–Crippen MR) is 90.2 cm³/mol. The molecule has 3 aromatic rings. The molecule has 7 heteroatoms. The summed E-state index contributed by atoms with van der Waals surface area (Å²) in [6.07, 6.45) is 4.01. The van der Waals surface area contributed by atoms with Crippen molar-refractivity contribution in [1.29, 1.82) is 0 Å². The Bertz CT molecular complexity index is 838. The van der Waals surface area contributed by atoms with Gasteiger partial charge >= 0.3 is 0 Å². The number of rotatable bonds is 3. The molecule has 0 aliphatic heterocycles. The van der Waals surface area contributed by atoms with E-state index in [1.165, 1.54) is 11.3 Å². The van der Waals surface area contributed by atoms with E-state index in [1.54, 1.807) is 0 Å². The number of aromatic nitrogens is 3. The van der Waals surface area contributed by atoms with Crippen molar-refractivity contribution in [3.63, 3.8) is 0 Å². The molecule has 2 aromatic heterocycles. The van der Waals surface area contributed by atoms with Crippen LogP contribution in [0.3, 0.4) is 0 Å². The lowest BCUT2D eigenvalue weighted by Gasteiger charge is -2.17. The van der Waals surface area contributed by atoms with Gasteiger partial charge in [0.15, 0.2) is 5.82 Å². The number of hydrogen-bond donors (Lipinski definition) is 1. The Kier molecular flexibility index (Phi) is 3.67. The first kappa shape index (κ1) is 14.8. The molecular weight excluding hydrogens is 332 g/mol. The summed E-state index contributed by atoms with van der Waals surface area (Å²) in [4.78, 5) is 9.05. The van der Waals surface area contributed by atoms with Crippen LogP contribution in [0.5, 0.6) is 0 Å². The molecule has 1 aliphatic carbocycles. The predicted octanol–water partition coefficient (Wildman–Crippen LogP) is 4.24. The minimum Gasteiger partial charge on any atom is -0.332 e. The minimum atomic E-state index is -0.451. The number of nitrogens with zero attached hydrogens (tertiary/aromatic N) is 3. The molecule has 5 nitrogen and oxygen atoms in total. The minimum absolute atomic E-state index is 0.418. The highest BCUT2D eigenvalue weighted by molar-refractivity contribution is 7.13. The van der Waals surface area contributed by atoms with E-state index in [0.717, 1.165) is 36.3 Å². The summed E-state index contributed by atoms with van der Waals surface area (Å²) in [6.45, 7) is 0. The summed E-state index contributed by atoms with van der Waals surface area (Å²) < 4.78 is 5.38. The summed E-state index contributed by atoms with van der Waals surface area (Å²) >= 11 is 7.55. The molecule has 0 unspecified atom stereocenters. The maximum Gasteiger partial charge on any atom is 0.277 e. The zero-order chi connectivity index (χ0) is 15.9. The summed E-state index contributed by atoms with van der Waals surface area (Å²) in [5.41, 5.74) is 7.56. The second-order valence-corrected chi connectivity index (χ2v) is 7.13. The Hall–Kier alpha value is -1.76. The number of benzene rings is 1. The fourth-order valence-electron chi connectivity index (χ4n) is 2.89. The molecule has 118 valence electrons. The summed E-state index contributed by atoms with van der Waals surface area (Å²) in [5, 5.41) is 7.54. The fraction of sp³-hybridized carbons (Fsp3) is 0.312. The van der Waals surface area contributed by atoms with Gasteiger partial charge in [-0.1, -0.05) is 41.7 Å². The molecule has 23 heavy (non-hydrogen) atoms. The van der Waals surface area contributed by atoms with E-state index in [4.69, 9.17) is 21.9 Å². The van der Waals surface area contributed by atoms with Gasteiger partial charge < -0.3 is 10.3 Å². The molecule has 0 bridgehead atoms. The zero-order valence-electron chi connectivity index (χ0n) is 12.3. The van der Waals surface area contributed by atoms with Crippen molar-refractivity contribution >= 4 is 22.9 Å². The normalized spacial score (nSPS) is 16.8. The van der Waals surface area contributed by atoms with E-state index in [2.05, 4.69) is 15.1 Å². The van der Waals surface area contributed by atoms with Crippen LogP contribution in [0.25, 0.3) is 22.2 Å². The third-order valence-corrected chi connectivity index (χ3v) is 5.29. The van der Waals surface area contributed by atoms with Crippen LogP contribution in [0.1, 0.15) is 31.5 Å².